The highest BCUT2D eigenvalue weighted by molar-refractivity contribution is 5.98. The summed E-state index contributed by atoms with van der Waals surface area (Å²) in [4.78, 5) is 12.0. The summed E-state index contributed by atoms with van der Waals surface area (Å²) in [6, 6.07) is 5.37. The molecule has 104 valence electrons. The minimum atomic E-state index is -4.81. The molecule has 1 aliphatic heterocycles. The number of Topliss-reactive ketones (excluding diaryl/α,β-unsaturated/α-hetero) is 1. The molecule has 3 nitrogen and oxygen atoms in total. The van der Waals surface area contributed by atoms with Crippen molar-refractivity contribution in [3.63, 3.8) is 0 Å². The smallest absolute Gasteiger partial charge is 0.405 e. The van der Waals surface area contributed by atoms with E-state index in [-0.39, 0.29) is 18.1 Å². The molecule has 0 saturated carbocycles. The Balaban J connectivity index is 2.11. The zero-order chi connectivity index (χ0) is 13.9. The average Bonchev–Trinajstić information content (AvgIpc) is 2.80. The molecule has 1 fully saturated rings. The molecule has 1 heterocycles. The topological polar surface area (TPSA) is 35.5 Å². The maximum absolute atomic E-state index is 12.2. The van der Waals surface area contributed by atoms with Crippen molar-refractivity contribution in [1.29, 1.82) is 0 Å². The standard InChI is InChI=1S/C13H13F3O3/c14-13(15,16)19-12-6-2-1-5-10(12)11(17)8-9-4-3-7-18-9/h1-2,5-6,9H,3-4,7-8H2. The SMILES string of the molecule is O=C(CC1CCCO1)c1ccccc1OC(F)(F)F. The second-order valence-corrected chi connectivity index (χ2v) is 4.31. The average molecular weight is 274 g/mol. The van der Waals surface area contributed by atoms with Gasteiger partial charge in [0, 0.05) is 13.0 Å². The van der Waals surface area contributed by atoms with Crippen LogP contribution in [0.25, 0.3) is 0 Å². The molecular formula is C13H13F3O3. The predicted molar refractivity (Wildman–Crippen MR) is 61.0 cm³/mol. The molecule has 0 bridgehead atoms. The molecule has 2 rings (SSSR count). The second-order valence-electron chi connectivity index (χ2n) is 4.31. The molecule has 1 aromatic carbocycles. The Morgan fingerprint density at radius 3 is 2.74 bits per heavy atom. The fraction of sp³-hybridized carbons (Fsp3) is 0.462. The maximum Gasteiger partial charge on any atom is 0.573 e. The number of hydrogen-bond donors (Lipinski definition) is 0. The van der Waals surface area contributed by atoms with Gasteiger partial charge in [-0.1, -0.05) is 12.1 Å². The van der Waals surface area contributed by atoms with E-state index in [0.29, 0.717) is 6.61 Å². The number of ketones is 1. The molecule has 6 heteroatoms. The van der Waals surface area contributed by atoms with Crippen molar-refractivity contribution in [3.05, 3.63) is 29.8 Å². The molecule has 0 spiro atoms. The van der Waals surface area contributed by atoms with Gasteiger partial charge in [-0.15, -0.1) is 13.2 Å². The number of rotatable bonds is 4. The van der Waals surface area contributed by atoms with Crippen LogP contribution in [0.3, 0.4) is 0 Å². The highest BCUT2D eigenvalue weighted by Gasteiger charge is 2.33. The third-order valence-electron chi connectivity index (χ3n) is 2.85. The summed E-state index contributed by atoms with van der Waals surface area (Å²) in [5.74, 6) is -0.857. The van der Waals surface area contributed by atoms with E-state index in [9.17, 15) is 18.0 Å². The van der Waals surface area contributed by atoms with Crippen LogP contribution >= 0.6 is 0 Å². The quantitative estimate of drug-likeness (QED) is 0.790. The van der Waals surface area contributed by atoms with Gasteiger partial charge in [0.15, 0.2) is 5.78 Å². The first-order valence-corrected chi connectivity index (χ1v) is 5.95. The van der Waals surface area contributed by atoms with Crippen LogP contribution in [-0.2, 0) is 4.74 Å². The van der Waals surface area contributed by atoms with Crippen LogP contribution in [0, 0.1) is 0 Å². The maximum atomic E-state index is 12.2. The number of alkyl halides is 3. The van der Waals surface area contributed by atoms with Crippen LogP contribution < -0.4 is 4.74 Å². The summed E-state index contributed by atoms with van der Waals surface area (Å²) in [6.07, 6.45) is -3.29. The fourth-order valence-corrected chi connectivity index (χ4v) is 2.03. The van der Waals surface area contributed by atoms with E-state index in [1.165, 1.54) is 18.2 Å². The van der Waals surface area contributed by atoms with E-state index in [1.54, 1.807) is 0 Å². The third kappa shape index (κ3) is 3.96. The molecular weight excluding hydrogens is 261 g/mol. The van der Waals surface area contributed by atoms with Crippen molar-refractivity contribution >= 4 is 5.78 Å². The van der Waals surface area contributed by atoms with Crippen LogP contribution in [0.5, 0.6) is 5.75 Å². The monoisotopic (exact) mass is 274 g/mol. The third-order valence-corrected chi connectivity index (χ3v) is 2.85. The first-order valence-electron chi connectivity index (χ1n) is 5.95. The summed E-state index contributed by atoms with van der Waals surface area (Å²) < 4.78 is 45.9. The number of ether oxygens (including phenoxy) is 2. The fourth-order valence-electron chi connectivity index (χ4n) is 2.03. The minimum absolute atomic E-state index is 0.0599. The molecule has 1 unspecified atom stereocenters. The van der Waals surface area contributed by atoms with E-state index in [4.69, 9.17) is 4.74 Å². The number of benzene rings is 1. The second kappa shape index (κ2) is 5.61. The Kier molecular flexibility index (Phi) is 4.09. The zero-order valence-corrected chi connectivity index (χ0v) is 10.1. The number of carbonyl (C=O) groups is 1. The van der Waals surface area contributed by atoms with Crippen LogP contribution in [0.2, 0.25) is 0 Å². The van der Waals surface area contributed by atoms with Gasteiger partial charge in [0.2, 0.25) is 0 Å². The summed E-state index contributed by atoms with van der Waals surface area (Å²) in [7, 11) is 0. The van der Waals surface area contributed by atoms with Crippen LogP contribution in [0.4, 0.5) is 13.2 Å². The molecule has 1 atom stereocenters. The summed E-state index contributed by atoms with van der Waals surface area (Å²) in [5, 5.41) is 0. The molecule has 0 radical (unpaired) electrons. The summed E-state index contributed by atoms with van der Waals surface area (Å²) in [5.41, 5.74) is -0.0599. The Hall–Kier alpha value is -1.56. The van der Waals surface area contributed by atoms with Gasteiger partial charge in [0.25, 0.3) is 0 Å². The lowest BCUT2D eigenvalue weighted by Gasteiger charge is -2.13. The zero-order valence-electron chi connectivity index (χ0n) is 10.1. The highest BCUT2D eigenvalue weighted by atomic mass is 19.4. The highest BCUT2D eigenvalue weighted by Crippen LogP contribution is 2.28. The molecule has 1 saturated heterocycles. The lowest BCUT2D eigenvalue weighted by molar-refractivity contribution is -0.274. The van der Waals surface area contributed by atoms with E-state index < -0.39 is 17.9 Å². The van der Waals surface area contributed by atoms with Crippen molar-refractivity contribution < 1.29 is 27.4 Å². The lowest BCUT2D eigenvalue weighted by atomic mass is 10.0. The number of para-hydroxylation sites is 1. The van der Waals surface area contributed by atoms with Gasteiger partial charge in [-0.3, -0.25) is 4.79 Å². The van der Waals surface area contributed by atoms with Gasteiger partial charge in [-0.05, 0) is 25.0 Å². The summed E-state index contributed by atoms with van der Waals surface area (Å²) in [6.45, 7) is 0.596. The van der Waals surface area contributed by atoms with Crippen molar-refractivity contribution in [1.82, 2.24) is 0 Å². The first-order chi connectivity index (χ1) is 8.96. The Morgan fingerprint density at radius 2 is 2.11 bits per heavy atom. The van der Waals surface area contributed by atoms with Crippen LogP contribution in [-0.4, -0.2) is 24.9 Å². The van der Waals surface area contributed by atoms with Gasteiger partial charge in [0.05, 0.1) is 11.7 Å². The normalized spacial score (nSPS) is 19.4. The number of carbonyl (C=O) groups excluding carboxylic acids is 1. The van der Waals surface area contributed by atoms with Crippen molar-refractivity contribution in [2.45, 2.75) is 31.7 Å². The Labute approximate surface area is 108 Å². The van der Waals surface area contributed by atoms with E-state index in [0.717, 1.165) is 18.9 Å². The molecule has 1 aliphatic rings. The van der Waals surface area contributed by atoms with E-state index >= 15 is 0 Å². The first kappa shape index (κ1) is 13.9. The summed E-state index contributed by atoms with van der Waals surface area (Å²) >= 11 is 0. The molecule has 1 aromatic rings. The molecule has 0 aliphatic carbocycles. The largest absolute Gasteiger partial charge is 0.573 e. The van der Waals surface area contributed by atoms with E-state index in [2.05, 4.69) is 4.74 Å². The van der Waals surface area contributed by atoms with Crippen LogP contribution in [0.15, 0.2) is 24.3 Å². The predicted octanol–water partition coefficient (Wildman–Crippen LogP) is 3.34. The molecule has 0 aromatic heterocycles. The minimum Gasteiger partial charge on any atom is -0.405 e. The van der Waals surface area contributed by atoms with Crippen molar-refractivity contribution in [3.8, 4) is 5.75 Å². The Bertz CT molecular complexity index is 451. The lowest BCUT2D eigenvalue weighted by Crippen LogP contribution is -2.20. The molecule has 0 amide bonds. The van der Waals surface area contributed by atoms with Gasteiger partial charge >= 0.3 is 6.36 Å². The van der Waals surface area contributed by atoms with Gasteiger partial charge < -0.3 is 9.47 Å². The Morgan fingerprint density at radius 1 is 1.37 bits per heavy atom. The van der Waals surface area contributed by atoms with Crippen LogP contribution in [0.1, 0.15) is 29.6 Å². The van der Waals surface area contributed by atoms with Crippen molar-refractivity contribution in [2.75, 3.05) is 6.61 Å². The van der Waals surface area contributed by atoms with E-state index in [1.807, 2.05) is 0 Å². The van der Waals surface area contributed by atoms with Crippen molar-refractivity contribution in [2.24, 2.45) is 0 Å². The van der Waals surface area contributed by atoms with Gasteiger partial charge in [-0.25, -0.2) is 0 Å². The van der Waals surface area contributed by atoms with Gasteiger partial charge in [-0.2, -0.15) is 0 Å². The number of halogens is 3. The molecule has 0 N–H and O–H groups in total. The van der Waals surface area contributed by atoms with Gasteiger partial charge in [0.1, 0.15) is 5.75 Å². The number of hydrogen-bond acceptors (Lipinski definition) is 3. The molecule has 19 heavy (non-hydrogen) atoms.